The van der Waals surface area contributed by atoms with Crippen molar-refractivity contribution in [1.29, 1.82) is 0 Å². The van der Waals surface area contributed by atoms with Crippen molar-refractivity contribution in [3.63, 3.8) is 0 Å². The maximum absolute atomic E-state index is 12.9. The van der Waals surface area contributed by atoms with Gasteiger partial charge in [-0.05, 0) is 30.3 Å². The predicted molar refractivity (Wildman–Crippen MR) is 95.1 cm³/mol. The smallest absolute Gasteiger partial charge is 0.271 e. The van der Waals surface area contributed by atoms with Gasteiger partial charge in [0, 0.05) is 24.1 Å². The molecule has 25 heavy (non-hydrogen) atoms. The van der Waals surface area contributed by atoms with Crippen LogP contribution in [0.25, 0.3) is 10.2 Å². The number of rotatable bonds is 4. The first kappa shape index (κ1) is 17.3. The Morgan fingerprint density at radius 1 is 1.32 bits per heavy atom. The summed E-state index contributed by atoms with van der Waals surface area (Å²) >= 11 is 2.56. The second-order valence-electron chi connectivity index (χ2n) is 5.10. The van der Waals surface area contributed by atoms with E-state index in [0.717, 1.165) is 9.60 Å². The van der Waals surface area contributed by atoms with Gasteiger partial charge in [0.05, 0.1) is 20.9 Å². The number of non-ortho nitro benzene ring substituents is 1. The lowest BCUT2D eigenvalue weighted by Crippen LogP contribution is -2.14. The quantitative estimate of drug-likeness (QED) is 0.396. The molecule has 0 saturated heterocycles. The van der Waals surface area contributed by atoms with Gasteiger partial charge in [0.25, 0.3) is 11.6 Å². The van der Waals surface area contributed by atoms with Crippen LogP contribution in [0.4, 0.5) is 10.1 Å². The molecule has 0 fully saturated rings. The van der Waals surface area contributed by atoms with E-state index >= 15 is 0 Å². The topological polar surface area (TPSA) is 77.5 Å². The fourth-order valence-corrected chi connectivity index (χ4v) is 3.85. The van der Waals surface area contributed by atoms with Crippen LogP contribution in [-0.2, 0) is 11.8 Å². The Hall–Kier alpha value is -2.52. The predicted octanol–water partition coefficient (Wildman–Crippen LogP) is 3.51. The molecule has 6 nitrogen and oxygen atoms in total. The maximum Gasteiger partial charge on any atom is 0.271 e. The van der Waals surface area contributed by atoms with E-state index in [4.69, 9.17) is 0 Å². The number of halogens is 1. The van der Waals surface area contributed by atoms with Gasteiger partial charge in [0.15, 0.2) is 4.80 Å². The van der Waals surface area contributed by atoms with Crippen LogP contribution in [0.15, 0.2) is 52.4 Å². The van der Waals surface area contributed by atoms with E-state index in [1.54, 1.807) is 29.8 Å². The second kappa shape index (κ2) is 7.16. The average molecular weight is 377 g/mol. The van der Waals surface area contributed by atoms with E-state index in [9.17, 15) is 19.3 Å². The number of amides is 1. The number of carbonyl (C=O) groups is 1. The minimum atomic E-state index is -0.460. The Morgan fingerprint density at radius 3 is 2.72 bits per heavy atom. The highest BCUT2D eigenvalue weighted by Gasteiger charge is 2.11. The molecular weight excluding hydrogens is 365 g/mol. The normalized spacial score (nSPS) is 11.8. The lowest BCUT2D eigenvalue weighted by Gasteiger charge is -1.98. The van der Waals surface area contributed by atoms with Gasteiger partial charge < -0.3 is 4.57 Å². The van der Waals surface area contributed by atoms with Crippen LogP contribution >= 0.6 is 23.1 Å². The van der Waals surface area contributed by atoms with E-state index in [0.29, 0.717) is 10.3 Å². The number of thiazole rings is 1. The summed E-state index contributed by atoms with van der Waals surface area (Å²) in [5.41, 5.74) is 0.641. The number of benzene rings is 2. The summed E-state index contributed by atoms with van der Waals surface area (Å²) < 4.78 is 15.3. The number of aromatic nitrogens is 1. The van der Waals surface area contributed by atoms with Crippen LogP contribution in [0.5, 0.6) is 0 Å². The molecule has 9 heteroatoms. The Bertz CT molecular complexity index is 1030. The fraction of sp³-hybridized carbons (Fsp3) is 0.125. The molecule has 0 N–H and O–H groups in total. The molecule has 0 aliphatic heterocycles. The van der Waals surface area contributed by atoms with Gasteiger partial charge in [-0.15, -0.1) is 11.8 Å². The number of hydrogen-bond donors (Lipinski definition) is 0. The Morgan fingerprint density at radius 2 is 2.04 bits per heavy atom. The largest absolute Gasteiger partial charge is 0.319 e. The van der Waals surface area contributed by atoms with Crippen LogP contribution < -0.4 is 4.80 Å². The number of hydrogen-bond acceptors (Lipinski definition) is 5. The van der Waals surface area contributed by atoms with Gasteiger partial charge in [-0.2, -0.15) is 4.99 Å². The van der Waals surface area contributed by atoms with Gasteiger partial charge in [-0.25, -0.2) is 4.39 Å². The molecular formula is C16H12FN3O3S2. The third-order valence-electron chi connectivity index (χ3n) is 3.40. The summed E-state index contributed by atoms with van der Waals surface area (Å²) in [5, 5.41) is 10.9. The zero-order valence-electron chi connectivity index (χ0n) is 13.0. The summed E-state index contributed by atoms with van der Waals surface area (Å²) in [5.74, 6) is -0.530. The average Bonchev–Trinajstić information content (AvgIpc) is 2.90. The van der Waals surface area contributed by atoms with Crippen LogP contribution in [-0.4, -0.2) is 21.2 Å². The van der Waals surface area contributed by atoms with Gasteiger partial charge >= 0.3 is 0 Å². The van der Waals surface area contributed by atoms with Crippen molar-refractivity contribution in [3.8, 4) is 0 Å². The van der Waals surface area contributed by atoms with Crippen LogP contribution in [0.2, 0.25) is 0 Å². The first-order chi connectivity index (χ1) is 11.9. The molecule has 2 aromatic carbocycles. The van der Waals surface area contributed by atoms with Gasteiger partial charge in [-0.1, -0.05) is 11.3 Å². The third-order valence-corrected chi connectivity index (χ3v) is 5.51. The first-order valence-electron chi connectivity index (χ1n) is 7.14. The van der Waals surface area contributed by atoms with E-state index < -0.39 is 4.92 Å². The minimum absolute atomic E-state index is 0.00866. The number of aryl methyl sites for hydroxylation is 1. The Kier molecular flexibility index (Phi) is 4.95. The van der Waals surface area contributed by atoms with Crippen LogP contribution in [0.3, 0.4) is 0 Å². The molecule has 0 bridgehead atoms. The fourth-order valence-electron chi connectivity index (χ4n) is 2.15. The summed E-state index contributed by atoms with van der Waals surface area (Å²) in [4.78, 5) is 27.8. The van der Waals surface area contributed by atoms with Crippen LogP contribution in [0.1, 0.15) is 0 Å². The highest BCUT2D eigenvalue weighted by atomic mass is 32.2. The second-order valence-corrected chi connectivity index (χ2v) is 7.16. The molecule has 3 rings (SSSR count). The van der Waals surface area contributed by atoms with Crippen LogP contribution in [0, 0.1) is 15.9 Å². The monoisotopic (exact) mass is 377 g/mol. The standard InChI is InChI=1S/C16H12FN3O3S2/c1-19-13-8-11(20(22)23)4-7-14(13)25-16(19)18-15(21)9-24-12-5-2-10(17)3-6-12/h2-8H,9H2,1H3. The number of nitro benzene ring substituents is 1. The number of nitrogens with zero attached hydrogens (tertiary/aromatic N) is 3. The molecule has 0 unspecified atom stereocenters. The third kappa shape index (κ3) is 3.94. The molecule has 1 heterocycles. The van der Waals surface area contributed by atoms with E-state index in [-0.39, 0.29) is 23.2 Å². The Balaban J connectivity index is 1.82. The number of thioether (sulfide) groups is 1. The highest BCUT2D eigenvalue weighted by molar-refractivity contribution is 8.00. The minimum Gasteiger partial charge on any atom is -0.319 e. The van der Waals surface area contributed by atoms with Crippen molar-refractivity contribution < 1.29 is 14.1 Å². The molecule has 3 aromatic rings. The highest BCUT2D eigenvalue weighted by Crippen LogP contribution is 2.22. The number of fused-ring (bicyclic) bond motifs is 1. The lowest BCUT2D eigenvalue weighted by molar-refractivity contribution is -0.384. The summed E-state index contributed by atoms with van der Waals surface area (Å²) in [6.07, 6.45) is 0. The van der Waals surface area contributed by atoms with Crippen molar-refractivity contribution in [3.05, 3.63) is 63.2 Å². The van der Waals surface area contributed by atoms with Gasteiger partial charge in [0.2, 0.25) is 0 Å². The first-order valence-corrected chi connectivity index (χ1v) is 8.94. The van der Waals surface area contributed by atoms with Crippen molar-refractivity contribution in [2.24, 2.45) is 12.0 Å². The van der Waals surface area contributed by atoms with Crippen molar-refractivity contribution in [2.45, 2.75) is 4.90 Å². The maximum atomic E-state index is 12.9. The molecule has 1 amide bonds. The molecule has 0 aliphatic rings. The van der Waals surface area contributed by atoms with Crippen molar-refractivity contribution in [1.82, 2.24) is 4.57 Å². The van der Waals surface area contributed by atoms with Crippen molar-refractivity contribution >= 4 is 44.9 Å². The summed E-state index contributed by atoms with van der Waals surface area (Å²) in [6, 6.07) is 10.4. The summed E-state index contributed by atoms with van der Waals surface area (Å²) in [7, 11) is 1.71. The SMILES string of the molecule is Cn1c(=NC(=O)CSc2ccc(F)cc2)sc2ccc([N+](=O)[O-])cc21. The number of nitro groups is 1. The zero-order valence-corrected chi connectivity index (χ0v) is 14.6. The molecule has 0 spiro atoms. The summed E-state index contributed by atoms with van der Waals surface area (Å²) in [6.45, 7) is 0. The van der Waals surface area contributed by atoms with Crippen molar-refractivity contribution in [2.75, 3.05) is 5.75 Å². The zero-order chi connectivity index (χ0) is 18.0. The van der Waals surface area contributed by atoms with E-state index in [2.05, 4.69) is 4.99 Å². The number of carbonyl (C=O) groups excluding carboxylic acids is 1. The molecule has 0 atom stereocenters. The van der Waals surface area contributed by atoms with E-state index in [1.165, 1.54) is 47.4 Å². The molecule has 1 aromatic heterocycles. The molecule has 0 saturated carbocycles. The van der Waals surface area contributed by atoms with E-state index in [1.807, 2.05) is 0 Å². The lowest BCUT2D eigenvalue weighted by atomic mass is 10.3. The molecule has 0 radical (unpaired) electrons. The van der Waals surface area contributed by atoms with Gasteiger partial charge in [-0.3, -0.25) is 14.9 Å². The van der Waals surface area contributed by atoms with Gasteiger partial charge in [0.1, 0.15) is 5.82 Å². The molecule has 0 aliphatic carbocycles. The molecule has 128 valence electrons. The Labute approximate surface area is 149 Å².